The molecule has 12 nitrogen and oxygen atoms in total. The van der Waals surface area contributed by atoms with E-state index in [1.54, 1.807) is 46.6 Å². The third kappa shape index (κ3) is 19.5. The zero-order chi connectivity index (χ0) is 44.4. The predicted octanol–water partition coefficient (Wildman–Crippen LogP) is 9.11. The predicted molar refractivity (Wildman–Crippen MR) is 254 cm³/mol. The second-order valence-electron chi connectivity index (χ2n) is 16.0. The first-order chi connectivity index (χ1) is 27.5. The number of nitrogens with zero attached hydrogens (tertiary/aromatic N) is 5. The number of aromatic nitrogens is 4. The third-order valence-electron chi connectivity index (χ3n) is 7.91. The highest BCUT2D eigenvalue weighted by molar-refractivity contribution is 8.15. The molecule has 1 aliphatic rings. The SMILES string of the molecule is CC(C)(C)c1ccc(N)cc1.CC(C)(C)c1ccc(N=C2NC(=O)CS2)cc1.CC(C)(C)c1ccc(NC(N)=S)cc1.O=C(O)CCl.S=C(n1ccnc1)n1ccnc1. The number of rotatable bonds is 3. The number of thioether (sulfide) groups is 1. The number of hydrogen-bond acceptors (Lipinski definition) is 9. The number of hydrogen-bond donors (Lipinski definition) is 5. The molecule has 5 aromatic rings. The fourth-order valence-corrected chi connectivity index (χ4v) is 5.63. The lowest BCUT2D eigenvalue weighted by Crippen LogP contribution is -2.19. The van der Waals surface area contributed by atoms with E-state index in [1.165, 1.54) is 28.5 Å². The first kappa shape index (κ1) is 50.1. The van der Waals surface area contributed by atoms with E-state index in [0.29, 0.717) is 21.1 Å². The summed E-state index contributed by atoms with van der Waals surface area (Å²) in [5, 5.41) is 14.8. The van der Waals surface area contributed by atoms with Gasteiger partial charge in [-0.2, -0.15) is 0 Å². The van der Waals surface area contributed by atoms with Gasteiger partial charge >= 0.3 is 5.97 Å². The van der Waals surface area contributed by atoms with Gasteiger partial charge in [0, 0.05) is 36.2 Å². The second kappa shape index (κ2) is 23.5. The van der Waals surface area contributed by atoms with Crippen LogP contribution in [-0.4, -0.2) is 63.1 Å². The minimum absolute atomic E-state index is 0.0278. The van der Waals surface area contributed by atoms with Crippen molar-refractivity contribution in [2.45, 2.75) is 78.6 Å². The van der Waals surface area contributed by atoms with Gasteiger partial charge in [-0.1, -0.05) is 110 Å². The molecule has 2 aromatic heterocycles. The average molecular weight is 879 g/mol. The maximum absolute atomic E-state index is 11.0. The highest BCUT2D eigenvalue weighted by atomic mass is 35.5. The molecule has 0 saturated carbocycles. The van der Waals surface area contributed by atoms with Crippen LogP contribution in [-0.2, 0) is 25.8 Å². The number of carboxylic acids is 1. The summed E-state index contributed by atoms with van der Waals surface area (Å²) >= 11 is 16.1. The van der Waals surface area contributed by atoms with Crippen LogP contribution in [0.25, 0.3) is 0 Å². The Kier molecular flexibility index (Phi) is 19.9. The minimum Gasteiger partial charge on any atom is -0.480 e. The number of carboxylic acid groups (broad SMARTS) is 1. The van der Waals surface area contributed by atoms with Crippen LogP contribution < -0.4 is 22.1 Å². The number of carbonyl (C=O) groups is 2. The van der Waals surface area contributed by atoms with Crippen LogP contribution in [0.1, 0.15) is 79.0 Å². The summed E-state index contributed by atoms with van der Waals surface area (Å²) in [7, 11) is 0. The molecule has 1 amide bonds. The van der Waals surface area contributed by atoms with Crippen LogP contribution >= 0.6 is 47.8 Å². The number of carbonyl (C=O) groups excluding carboxylic acids is 1. The second-order valence-corrected chi connectivity index (χ2v) is 18.0. The molecule has 0 atom stereocenters. The number of amides is 1. The van der Waals surface area contributed by atoms with Crippen molar-refractivity contribution in [3.63, 3.8) is 0 Å². The number of alkyl halides is 1. The van der Waals surface area contributed by atoms with Crippen LogP contribution in [0.5, 0.6) is 0 Å². The Morgan fingerprint density at radius 1 is 0.814 bits per heavy atom. The van der Waals surface area contributed by atoms with Crippen molar-refractivity contribution in [2.75, 3.05) is 22.7 Å². The van der Waals surface area contributed by atoms with Gasteiger partial charge in [0.25, 0.3) is 0 Å². The maximum atomic E-state index is 11.0. The molecule has 59 heavy (non-hydrogen) atoms. The van der Waals surface area contributed by atoms with Crippen LogP contribution in [0.3, 0.4) is 0 Å². The highest BCUT2D eigenvalue weighted by Crippen LogP contribution is 2.26. The lowest BCUT2D eigenvalue weighted by atomic mass is 9.87. The fraction of sp³-hybridized carbons (Fsp3) is 0.326. The topological polar surface area (TPSA) is 178 Å². The Morgan fingerprint density at radius 2 is 1.22 bits per heavy atom. The van der Waals surface area contributed by atoms with Crippen molar-refractivity contribution in [3.05, 3.63) is 127 Å². The van der Waals surface area contributed by atoms with Gasteiger partial charge in [-0.05, 0) is 93.8 Å². The quantitative estimate of drug-likeness (QED) is 0.0663. The summed E-state index contributed by atoms with van der Waals surface area (Å²) in [6.07, 6.45) is 10.3. The minimum atomic E-state index is -0.980. The summed E-state index contributed by atoms with van der Waals surface area (Å²) < 4.78 is 3.49. The number of anilines is 2. The van der Waals surface area contributed by atoms with Crippen molar-refractivity contribution in [2.24, 2.45) is 10.7 Å². The van der Waals surface area contributed by atoms with Gasteiger partial charge in [0.2, 0.25) is 5.91 Å². The van der Waals surface area contributed by atoms with Crippen LogP contribution in [0.2, 0.25) is 0 Å². The molecule has 1 aliphatic heterocycles. The summed E-state index contributed by atoms with van der Waals surface area (Å²) in [6.45, 7) is 19.7. The Hall–Kier alpha value is -5.09. The van der Waals surface area contributed by atoms with Crippen LogP contribution in [0.4, 0.5) is 17.1 Å². The number of nitrogen functional groups attached to an aromatic ring is 1. The molecule has 0 spiro atoms. The number of nitrogens with one attached hydrogen (secondary N) is 2. The maximum Gasteiger partial charge on any atom is 0.318 e. The van der Waals surface area contributed by atoms with Crippen molar-refractivity contribution < 1.29 is 14.7 Å². The Labute approximate surface area is 368 Å². The lowest BCUT2D eigenvalue weighted by molar-refractivity contribution is -0.134. The summed E-state index contributed by atoms with van der Waals surface area (Å²) in [5.41, 5.74) is 18.1. The zero-order valence-corrected chi connectivity index (χ0v) is 38.3. The molecule has 1 fully saturated rings. The van der Waals surface area contributed by atoms with Gasteiger partial charge in [-0.3, -0.25) is 18.7 Å². The van der Waals surface area contributed by atoms with Crippen molar-refractivity contribution in [1.82, 2.24) is 24.4 Å². The summed E-state index contributed by atoms with van der Waals surface area (Å²) in [6, 6.07) is 24.3. The Balaban J connectivity index is 0.000000264. The number of benzene rings is 3. The lowest BCUT2D eigenvalue weighted by Gasteiger charge is -2.19. The Morgan fingerprint density at radius 3 is 1.54 bits per heavy atom. The van der Waals surface area contributed by atoms with E-state index in [0.717, 1.165) is 17.1 Å². The molecular formula is C43H56ClN9O3S3. The average Bonchev–Trinajstić information content (AvgIpc) is 3.97. The van der Waals surface area contributed by atoms with E-state index in [4.69, 9.17) is 52.6 Å². The summed E-state index contributed by atoms with van der Waals surface area (Å²) in [4.78, 5) is 32.4. The molecule has 6 rings (SSSR count). The van der Waals surface area contributed by atoms with Gasteiger partial charge in [-0.25, -0.2) is 15.0 Å². The molecule has 16 heteroatoms. The number of amidine groups is 1. The van der Waals surface area contributed by atoms with E-state index in [1.807, 2.05) is 36.4 Å². The molecule has 1 saturated heterocycles. The first-order valence-electron chi connectivity index (χ1n) is 18.4. The van der Waals surface area contributed by atoms with Crippen LogP contribution in [0, 0.1) is 0 Å². The van der Waals surface area contributed by atoms with Gasteiger partial charge in [0.05, 0.1) is 11.4 Å². The number of thiocarbonyl (C=S) groups is 2. The smallest absolute Gasteiger partial charge is 0.318 e. The number of imidazole rings is 2. The van der Waals surface area contributed by atoms with E-state index in [9.17, 15) is 9.59 Å². The molecule has 3 heterocycles. The number of aliphatic imine (C=N–C) groups is 1. The standard InChI is InChI=1S/C13H16N2OS.C11H16N2S.C10H15N.C7H6N4S.C2H3ClO2/c1-13(2,3)9-4-6-10(7-5-9)14-12-15-11(16)8-17-12;1-11(2,3)8-4-6-9(7-5-8)13-10(12)14;1-10(2,3)8-4-6-9(11)7-5-8;12-7(10-3-1-8-5-10)11-4-2-9-6-11;3-1-2(4)5/h4-7H,8H2,1-3H3,(H,14,15,16);4-7H,1-3H3,(H3,12,13,14);4-7H,11H2,1-3H3;1-6H;1H2,(H,4,5). The van der Waals surface area contributed by atoms with Gasteiger partial charge < -0.3 is 27.2 Å². The molecule has 0 bridgehead atoms. The molecule has 0 unspecified atom stereocenters. The van der Waals surface area contributed by atoms with E-state index >= 15 is 0 Å². The molecule has 0 aliphatic carbocycles. The van der Waals surface area contributed by atoms with E-state index in [-0.39, 0.29) is 28.0 Å². The van der Waals surface area contributed by atoms with Crippen LogP contribution in [0.15, 0.2) is 115 Å². The van der Waals surface area contributed by atoms with E-state index < -0.39 is 5.97 Å². The number of halogens is 1. The largest absolute Gasteiger partial charge is 0.480 e. The third-order valence-corrected chi connectivity index (χ3v) is 9.54. The van der Waals surface area contributed by atoms with E-state index in [2.05, 4.69) is 124 Å². The van der Waals surface area contributed by atoms with Gasteiger partial charge in [0.15, 0.2) is 15.4 Å². The summed E-state index contributed by atoms with van der Waals surface area (Å²) in [5.74, 6) is -0.787. The normalized spacial score (nSPS) is 12.8. The molecule has 7 N–H and O–H groups in total. The Bertz CT molecular complexity index is 2050. The highest BCUT2D eigenvalue weighted by Gasteiger charge is 2.17. The van der Waals surface area contributed by atoms with Crippen molar-refractivity contribution in [1.29, 1.82) is 0 Å². The van der Waals surface area contributed by atoms with Gasteiger partial charge in [-0.15, -0.1) is 11.6 Å². The monoisotopic (exact) mass is 877 g/mol. The van der Waals surface area contributed by atoms with Crippen molar-refractivity contribution >= 4 is 92.1 Å². The zero-order valence-electron chi connectivity index (χ0n) is 35.1. The number of nitrogens with two attached hydrogens (primary N) is 2. The fourth-order valence-electron chi connectivity index (χ4n) is 4.60. The van der Waals surface area contributed by atoms with Crippen molar-refractivity contribution in [3.8, 4) is 0 Å². The first-order valence-corrected chi connectivity index (χ1v) is 20.8. The molecular weight excluding hydrogens is 822 g/mol. The number of aliphatic carboxylic acids is 1. The molecule has 3 aromatic carbocycles. The van der Waals surface area contributed by atoms with Gasteiger partial charge in [0.1, 0.15) is 18.5 Å². The molecule has 316 valence electrons. The molecule has 0 radical (unpaired) electrons.